The molecule has 9 aromatic heterocycles. The summed E-state index contributed by atoms with van der Waals surface area (Å²) in [5.74, 6) is 2.02. The molecule has 26 aromatic rings. The van der Waals surface area contributed by atoms with Gasteiger partial charge in [0.15, 0.2) is 17.5 Å². The first-order valence-corrected chi connectivity index (χ1v) is 45.6. The first-order valence-electron chi connectivity index (χ1n) is 45.6. The molecule has 0 fully saturated rings. The van der Waals surface area contributed by atoms with Gasteiger partial charge in [-0.1, -0.05) is 322 Å². The number of aromatic nitrogens is 9. The third-order valence-electron chi connectivity index (χ3n) is 25.4. The number of para-hydroxylation sites is 3. The van der Waals surface area contributed by atoms with Crippen molar-refractivity contribution in [2.24, 2.45) is 0 Å². The van der Waals surface area contributed by atoms with E-state index in [1.165, 1.54) is 43.8 Å². The van der Waals surface area contributed by atoms with E-state index in [2.05, 4.69) is 361 Å². The summed E-state index contributed by atoms with van der Waals surface area (Å²) in [6, 6.07) is 153. The largest absolute Gasteiger partial charge is 0.456 e. The number of fused-ring (bicyclic) bond motifs is 11. The Labute approximate surface area is 788 Å². The number of furan rings is 3. The van der Waals surface area contributed by atoms with Crippen molar-refractivity contribution < 1.29 is 13.3 Å². The molecule has 12 heteroatoms. The zero-order chi connectivity index (χ0) is 90.9. The van der Waals surface area contributed by atoms with Crippen LogP contribution in [0.15, 0.2) is 493 Å². The Balaban J connectivity index is 0.000000112. The van der Waals surface area contributed by atoms with Gasteiger partial charge in [0.05, 0.1) is 34.2 Å². The molecule has 642 valence electrons. The van der Waals surface area contributed by atoms with Crippen molar-refractivity contribution in [1.29, 1.82) is 0 Å². The lowest BCUT2D eigenvalue weighted by molar-refractivity contribution is 0.668. The predicted octanol–water partition coefficient (Wildman–Crippen LogP) is 32.6. The smallest absolute Gasteiger partial charge is 0.160 e. The number of nitrogens with zero attached hydrogens (tertiary/aromatic N) is 9. The van der Waals surface area contributed by atoms with Gasteiger partial charge < -0.3 is 13.3 Å². The number of benzene rings is 17. The summed E-state index contributed by atoms with van der Waals surface area (Å²) in [5.41, 5.74) is 32.9. The summed E-state index contributed by atoms with van der Waals surface area (Å²) in [5, 5.41) is 11.4. The van der Waals surface area contributed by atoms with Crippen LogP contribution >= 0.6 is 0 Å². The fraction of sp³-hybridized carbons (Fsp3) is 0. The van der Waals surface area contributed by atoms with Crippen LogP contribution in [-0.4, -0.2) is 44.9 Å². The average molecular weight is 1760 g/mol. The molecule has 0 atom stereocenters. The topological polar surface area (TPSA) is 155 Å². The van der Waals surface area contributed by atoms with Crippen molar-refractivity contribution in [1.82, 2.24) is 44.9 Å². The third-order valence-corrected chi connectivity index (χ3v) is 25.4. The molecular weight excluding hydrogens is 1680 g/mol. The van der Waals surface area contributed by atoms with E-state index in [4.69, 9.17) is 43.2 Å². The van der Waals surface area contributed by atoms with Crippen LogP contribution in [0.2, 0.25) is 0 Å². The zero-order valence-electron chi connectivity index (χ0n) is 73.9. The molecule has 0 saturated carbocycles. The van der Waals surface area contributed by atoms with E-state index in [0.29, 0.717) is 17.5 Å². The van der Waals surface area contributed by atoms with Gasteiger partial charge >= 0.3 is 0 Å². The highest BCUT2D eigenvalue weighted by Gasteiger charge is 2.21. The fourth-order valence-electron chi connectivity index (χ4n) is 18.3. The molecule has 0 radical (unpaired) electrons. The summed E-state index contributed by atoms with van der Waals surface area (Å²) < 4.78 is 18.3. The van der Waals surface area contributed by atoms with Crippen molar-refractivity contribution in [2.45, 2.75) is 0 Å². The van der Waals surface area contributed by atoms with Crippen molar-refractivity contribution in [3.63, 3.8) is 0 Å². The summed E-state index contributed by atoms with van der Waals surface area (Å²) in [7, 11) is 0. The minimum atomic E-state index is 0.672. The standard InChI is InChI=1S/2C43H27N3O.C39H25N3O/c1-2-10-35-29(7-1)8-5-12-36(35)30-16-18-31(19-17-30)39-26-40(33-22-23-42-38(25-33)37-11-3-4-13-41(37)47-42)46-43(45-39)32-20-14-28(15-21-32)34-9-6-24-44-27-34;1-2-7-33-24-34(20-15-28(33)6-1)29-11-16-31(17-12-29)39-26-40(35-21-22-42-38(25-35)37-9-3-4-10-41(37)47-42)46-43(45-39)32-18-13-30(14-19-32)36-8-5-23-44-27-36;1-2-8-26(9-3-1)29-10-6-11-30(22-29)35-24-36(31-19-20-38-34(23-31)33-13-4-5-14-37(33)43-38)42-39(41-35)28-17-15-27(16-18-28)32-12-7-21-40-25-32/h2*1-27H;1-25H. The van der Waals surface area contributed by atoms with Crippen LogP contribution in [0.4, 0.5) is 0 Å². The van der Waals surface area contributed by atoms with Gasteiger partial charge in [-0.15, -0.1) is 0 Å². The minimum absolute atomic E-state index is 0.672. The second-order valence-corrected chi connectivity index (χ2v) is 34.0. The van der Waals surface area contributed by atoms with Crippen LogP contribution in [-0.2, 0) is 0 Å². The van der Waals surface area contributed by atoms with Crippen LogP contribution in [0, 0.1) is 0 Å². The van der Waals surface area contributed by atoms with Crippen LogP contribution in [0.25, 0.3) is 256 Å². The highest BCUT2D eigenvalue weighted by molar-refractivity contribution is 6.09. The number of rotatable bonds is 15. The molecule has 12 nitrogen and oxygen atoms in total. The molecule has 0 aliphatic heterocycles. The van der Waals surface area contributed by atoms with Crippen molar-refractivity contribution in [3.05, 3.63) is 480 Å². The molecule has 0 saturated heterocycles. The Hall–Kier alpha value is -18.7. The van der Waals surface area contributed by atoms with Gasteiger partial charge in [-0.2, -0.15) is 0 Å². The van der Waals surface area contributed by atoms with Crippen molar-refractivity contribution in [3.8, 4) is 168 Å². The summed E-state index contributed by atoms with van der Waals surface area (Å²) >= 11 is 0. The quantitative estimate of drug-likeness (QED) is 0.0959. The molecule has 0 amide bonds. The van der Waals surface area contributed by atoms with E-state index in [1.807, 2.05) is 116 Å². The van der Waals surface area contributed by atoms with E-state index in [-0.39, 0.29) is 0 Å². The molecule has 0 aliphatic rings. The maximum Gasteiger partial charge on any atom is 0.160 e. The van der Waals surface area contributed by atoms with E-state index in [9.17, 15) is 0 Å². The molecule has 0 N–H and O–H groups in total. The summed E-state index contributed by atoms with van der Waals surface area (Å²) in [4.78, 5) is 43.5. The molecule has 0 unspecified atom stereocenters. The van der Waals surface area contributed by atoms with Gasteiger partial charge in [-0.3, -0.25) is 15.0 Å². The zero-order valence-corrected chi connectivity index (χ0v) is 73.9. The van der Waals surface area contributed by atoms with E-state index in [1.54, 1.807) is 18.6 Å². The molecule has 9 heterocycles. The molecular formula is C125H79N9O3. The second kappa shape index (κ2) is 35.9. The lowest BCUT2D eigenvalue weighted by Gasteiger charge is -2.11. The number of pyridine rings is 3. The minimum Gasteiger partial charge on any atom is -0.456 e. The Morgan fingerprint density at radius 1 is 0.139 bits per heavy atom. The summed E-state index contributed by atoms with van der Waals surface area (Å²) in [6.45, 7) is 0. The highest BCUT2D eigenvalue weighted by Crippen LogP contribution is 2.42. The van der Waals surface area contributed by atoms with Crippen LogP contribution in [0.5, 0.6) is 0 Å². The van der Waals surface area contributed by atoms with Crippen LogP contribution < -0.4 is 0 Å². The Morgan fingerprint density at radius 2 is 0.416 bits per heavy atom. The maximum atomic E-state index is 6.11. The Kier molecular flexibility index (Phi) is 21.4. The van der Waals surface area contributed by atoms with Crippen molar-refractivity contribution >= 4 is 87.4 Å². The Bertz CT molecular complexity index is 8970. The van der Waals surface area contributed by atoms with E-state index < -0.39 is 0 Å². The van der Waals surface area contributed by atoms with Gasteiger partial charge in [0.2, 0.25) is 0 Å². The van der Waals surface area contributed by atoms with E-state index >= 15 is 0 Å². The SMILES string of the molecule is c1ccc(-c2cccc(-c3cc(-c4ccc5oc6ccccc6c5c4)nc(-c4ccc(-c5cccnc5)cc4)n3)c2)cc1.c1cncc(-c2ccc(-c3nc(-c4ccc(-c5ccc6ccccc6c5)cc4)cc(-c4ccc5oc6ccccc6c5c4)n3)cc2)c1.c1cncc(-c2ccc(-c3nc(-c4ccc(-c5cccc6ccccc56)cc4)cc(-c4ccc5oc6ccccc6c5c4)n3)cc2)c1. The molecule has 17 aromatic carbocycles. The highest BCUT2D eigenvalue weighted by atomic mass is 16.3. The number of hydrogen-bond donors (Lipinski definition) is 0. The van der Waals surface area contributed by atoms with Crippen LogP contribution in [0.1, 0.15) is 0 Å². The van der Waals surface area contributed by atoms with Gasteiger partial charge in [0, 0.05) is 120 Å². The molecule has 137 heavy (non-hydrogen) atoms. The Morgan fingerprint density at radius 3 is 0.839 bits per heavy atom. The van der Waals surface area contributed by atoms with Gasteiger partial charge in [-0.05, 0) is 210 Å². The van der Waals surface area contributed by atoms with Crippen LogP contribution in [0.3, 0.4) is 0 Å². The third kappa shape index (κ3) is 16.6. The lowest BCUT2D eigenvalue weighted by atomic mass is 9.97. The molecule has 26 rings (SSSR count). The lowest BCUT2D eigenvalue weighted by Crippen LogP contribution is -1.96. The first-order chi connectivity index (χ1) is 67.8. The molecule has 0 bridgehead atoms. The molecule has 0 spiro atoms. The van der Waals surface area contributed by atoms with Gasteiger partial charge in [0.1, 0.15) is 33.5 Å². The summed E-state index contributed by atoms with van der Waals surface area (Å²) in [6.07, 6.45) is 11.0. The van der Waals surface area contributed by atoms with Crippen molar-refractivity contribution in [2.75, 3.05) is 0 Å². The van der Waals surface area contributed by atoms with Gasteiger partial charge in [-0.25, -0.2) is 29.9 Å². The maximum absolute atomic E-state index is 6.11. The second-order valence-electron chi connectivity index (χ2n) is 34.0. The molecule has 0 aliphatic carbocycles. The van der Waals surface area contributed by atoms with E-state index in [0.717, 1.165) is 195 Å². The monoisotopic (exact) mass is 1750 g/mol. The van der Waals surface area contributed by atoms with Gasteiger partial charge in [0.25, 0.3) is 0 Å². The average Bonchev–Trinajstić information content (AvgIpc) is 1.64. The number of hydrogen-bond acceptors (Lipinski definition) is 12. The fourth-order valence-corrected chi connectivity index (χ4v) is 18.3. The normalized spacial score (nSPS) is 11.4. The first kappa shape index (κ1) is 81.6. The predicted molar refractivity (Wildman–Crippen MR) is 558 cm³/mol.